The van der Waals surface area contributed by atoms with Gasteiger partial charge in [0.15, 0.2) is 0 Å². The van der Waals surface area contributed by atoms with Crippen LogP contribution in [-0.4, -0.2) is 48.2 Å². The Morgan fingerprint density at radius 3 is 1.19 bits per heavy atom. The second-order valence-corrected chi connectivity index (χ2v) is 16.5. The van der Waals surface area contributed by atoms with E-state index in [0.717, 1.165) is 54.1 Å². The Hall–Kier alpha value is -7.60. The van der Waals surface area contributed by atoms with E-state index in [1.54, 1.807) is 54.6 Å². The molecule has 0 unspecified atom stereocenters. The van der Waals surface area contributed by atoms with E-state index in [0.29, 0.717) is 40.7 Å². The molecule has 2 saturated carbocycles. The number of rotatable bonds is 16. The number of methoxy groups -OCH3 is 1. The number of esters is 1. The molecular weight excluding hydrogens is 849 g/mol. The van der Waals surface area contributed by atoms with Crippen molar-refractivity contribution >= 4 is 35.1 Å². The molecular formula is C55H56N2O10. The first-order chi connectivity index (χ1) is 32.7. The minimum Gasteiger partial charge on any atom is -0.490 e. The number of nitrogens with one attached hydrogen (secondary N) is 2. The number of aromatic carboxylic acids is 1. The molecule has 6 aromatic rings. The zero-order valence-corrected chi connectivity index (χ0v) is 37.6. The van der Waals surface area contributed by atoms with Gasteiger partial charge in [0.25, 0.3) is 0 Å². The van der Waals surface area contributed by atoms with Gasteiger partial charge in [-0.05, 0) is 160 Å². The van der Waals surface area contributed by atoms with Crippen molar-refractivity contribution in [2.75, 3.05) is 17.7 Å². The molecule has 12 nitrogen and oxygen atoms in total. The summed E-state index contributed by atoms with van der Waals surface area (Å²) in [6.07, 6.45) is 13.0. The summed E-state index contributed by atoms with van der Waals surface area (Å²) in [6, 6.07) is 43.0. The maximum atomic E-state index is 12.5. The zero-order chi connectivity index (χ0) is 46.8. The molecule has 0 aromatic heterocycles. The van der Waals surface area contributed by atoms with Crippen LogP contribution in [-0.2, 0) is 27.2 Å². The average Bonchev–Trinajstić information content (AvgIpc) is 3.35. The van der Waals surface area contributed by atoms with Crippen LogP contribution in [0, 0.1) is 0 Å². The summed E-state index contributed by atoms with van der Waals surface area (Å²) < 4.78 is 28.7. The molecule has 2 aliphatic carbocycles. The van der Waals surface area contributed by atoms with Gasteiger partial charge < -0.3 is 39.4 Å². The van der Waals surface area contributed by atoms with Gasteiger partial charge in [-0.2, -0.15) is 0 Å². The highest BCUT2D eigenvalue weighted by molar-refractivity contribution is 6.02. The maximum Gasteiger partial charge on any atom is 0.339 e. The quantitative estimate of drug-likeness (QED) is 0.0798. The van der Waals surface area contributed by atoms with Crippen LogP contribution in [0.2, 0.25) is 0 Å². The van der Waals surface area contributed by atoms with Gasteiger partial charge >= 0.3 is 11.9 Å². The van der Waals surface area contributed by atoms with Crippen LogP contribution in [0.3, 0.4) is 0 Å². The lowest BCUT2D eigenvalue weighted by Crippen LogP contribution is -2.19. The standard InChI is InChI=1S/C28H29NO5.C27H27NO5/c1-32-28(31)25-9-5-6-10-26(25)29-27(30)19-20-11-13-22(14-12-20)34-24-17-15-23(16-18-24)33-21-7-3-2-4-8-21;29-26(28-25-9-5-4-8-24(25)27(30)31)18-19-10-12-21(13-11-19)33-23-16-14-22(15-17-23)32-20-6-2-1-3-7-20/h5-6,9-18,21H,2-4,7-8,19H2,1H3,(H,29,30);4-5,8-17,20H,1-3,6-7,18H2,(H,28,29)(H,30,31). The van der Waals surface area contributed by atoms with Crippen molar-refractivity contribution in [2.45, 2.75) is 89.3 Å². The zero-order valence-electron chi connectivity index (χ0n) is 37.6. The number of benzene rings is 6. The molecule has 2 amide bonds. The summed E-state index contributed by atoms with van der Waals surface area (Å²) in [5.41, 5.74) is 2.71. The average molecular weight is 905 g/mol. The first kappa shape index (κ1) is 47.4. The van der Waals surface area contributed by atoms with E-state index >= 15 is 0 Å². The molecule has 0 heterocycles. The van der Waals surface area contributed by atoms with E-state index in [1.165, 1.54) is 51.7 Å². The predicted molar refractivity (Wildman–Crippen MR) is 257 cm³/mol. The number of hydrogen-bond acceptors (Lipinski definition) is 9. The molecule has 2 aliphatic rings. The van der Waals surface area contributed by atoms with Gasteiger partial charge in [0.1, 0.15) is 34.5 Å². The number of carbonyl (C=O) groups excluding carboxylic acids is 3. The second-order valence-electron chi connectivity index (χ2n) is 16.5. The monoisotopic (exact) mass is 904 g/mol. The Morgan fingerprint density at radius 2 is 0.806 bits per heavy atom. The Bertz CT molecular complexity index is 2550. The molecule has 67 heavy (non-hydrogen) atoms. The van der Waals surface area contributed by atoms with E-state index in [-0.39, 0.29) is 35.9 Å². The van der Waals surface area contributed by atoms with Crippen LogP contribution in [0.4, 0.5) is 11.4 Å². The number of carbonyl (C=O) groups is 4. The van der Waals surface area contributed by atoms with Gasteiger partial charge in [-0.25, -0.2) is 9.59 Å². The van der Waals surface area contributed by atoms with Crippen LogP contribution < -0.4 is 29.6 Å². The van der Waals surface area contributed by atoms with E-state index in [2.05, 4.69) is 10.6 Å². The molecule has 0 bridgehead atoms. The molecule has 0 radical (unpaired) electrons. The van der Waals surface area contributed by atoms with E-state index in [4.69, 9.17) is 23.7 Å². The summed E-state index contributed by atoms with van der Waals surface area (Å²) in [5.74, 6) is 2.42. The minimum atomic E-state index is -1.08. The van der Waals surface area contributed by atoms with Crippen LogP contribution in [0.15, 0.2) is 146 Å². The fraction of sp³-hybridized carbons (Fsp3) is 0.273. The fourth-order valence-corrected chi connectivity index (χ4v) is 7.96. The smallest absolute Gasteiger partial charge is 0.339 e. The van der Waals surface area contributed by atoms with Crippen molar-refractivity contribution in [2.24, 2.45) is 0 Å². The summed E-state index contributed by atoms with van der Waals surface area (Å²) >= 11 is 0. The Balaban J connectivity index is 0.000000199. The normalized spacial score (nSPS) is 13.7. The SMILES string of the molecule is COC(=O)c1ccccc1NC(=O)Cc1ccc(Oc2ccc(OC3CCCCC3)cc2)cc1.O=C(Cc1ccc(Oc2ccc(OC3CCCCC3)cc2)cc1)Nc1ccccc1C(=O)O. The summed E-state index contributed by atoms with van der Waals surface area (Å²) in [4.78, 5) is 48.0. The van der Waals surface area contributed by atoms with Crippen molar-refractivity contribution in [1.82, 2.24) is 0 Å². The van der Waals surface area contributed by atoms with Crippen molar-refractivity contribution in [1.29, 1.82) is 0 Å². The maximum absolute atomic E-state index is 12.5. The molecule has 3 N–H and O–H groups in total. The van der Waals surface area contributed by atoms with Gasteiger partial charge in [-0.15, -0.1) is 0 Å². The van der Waals surface area contributed by atoms with Crippen molar-refractivity contribution < 1.29 is 48.0 Å². The third kappa shape index (κ3) is 14.7. The van der Waals surface area contributed by atoms with Crippen LogP contribution in [0.5, 0.6) is 34.5 Å². The number of para-hydroxylation sites is 2. The number of amides is 2. The Morgan fingerprint density at radius 1 is 0.463 bits per heavy atom. The van der Waals surface area contributed by atoms with Crippen molar-refractivity contribution in [3.63, 3.8) is 0 Å². The lowest BCUT2D eigenvalue weighted by atomic mass is 9.98. The number of ether oxygens (including phenoxy) is 5. The fourth-order valence-electron chi connectivity index (χ4n) is 7.96. The highest BCUT2D eigenvalue weighted by Crippen LogP contribution is 2.30. The molecule has 8 rings (SSSR count). The lowest BCUT2D eigenvalue weighted by Gasteiger charge is -2.23. The van der Waals surface area contributed by atoms with E-state index in [1.807, 2.05) is 84.9 Å². The third-order valence-corrected chi connectivity index (χ3v) is 11.4. The summed E-state index contributed by atoms with van der Waals surface area (Å²) in [6.45, 7) is 0. The number of carboxylic acids is 1. The van der Waals surface area contributed by atoms with Gasteiger partial charge in [-0.3, -0.25) is 9.59 Å². The van der Waals surface area contributed by atoms with Crippen molar-refractivity contribution in [3.05, 3.63) is 168 Å². The van der Waals surface area contributed by atoms with Crippen LogP contribution >= 0.6 is 0 Å². The first-order valence-electron chi connectivity index (χ1n) is 22.8. The molecule has 0 saturated heterocycles. The minimum absolute atomic E-state index is 0.0600. The summed E-state index contributed by atoms with van der Waals surface area (Å²) in [7, 11) is 1.31. The van der Waals surface area contributed by atoms with Gasteiger partial charge in [-0.1, -0.05) is 61.4 Å². The molecule has 0 aliphatic heterocycles. The molecule has 346 valence electrons. The van der Waals surface area contributed by atoms with Gasteiger partial charge in [0, 0.05) is 0 Å². The highest BCUT2D eigenvalue weighted by Gasteiger charge is 2.18. The van der Waals surface area contributed by atoms with Gasteiger partial charge in [0.2, 0.25) is 11.8 Å². The summed E-state index contributed by atoms with van der Waals surface area (Å²) in [5, 5.41) is 14.7. The van der Waals surface area contributed by atoms with Crippen molar-refractivity contribution in [3.8, 4) is 34.5 Å². The largest absolute Gasteiger partial charge is 0.490 e. The van der Waals surface area contributed by atoms with E-state index < -0.39 is 11.9 Å². The molecule has 12 heteroatoms. The molecule has 6 aromatic carbocycles. The number of hydrogen-bond donors (Lipinski definition) is 3. The van der Waals surface area contributed by atoms with Crippen LogP contribution in [0.25, 0.3) is 0 Å². The van der Waals surface area contributed by atoms with Crippen LogP contribution in [0.1, 0.15) is 96.1 Å². The first-order valence-corrected chi connectivity index (χ1v) is 22.8. The lowest BCUT2D eigenvalue weighted by molar-refractivity contribution is -0.116. The van der Waals surface area contributed by atoms with E-state index in [9.17, 15) is 24.3 Å². The van der Waals surface area contributed by atoms with Gasteiger partial charge in [0.05, 0.1) is 54.7 Å². The molecule has 0 atom stereocenters. The predicted octanol–water partition coefficient (Wildman–Crippen LogP) is 12.2. The number of anilines is 2. The molecule has 0 spiro atoms. The third-order valence-electron chi connectivity index (χ3n) is 11.4. The molecule has 2 fully saturated rings. The topological polar surface area (TPSA) is 159 Å². The second kappa shape index (κ2) is 24.1. The Labute approximate surface area is 391 Å². The Kier molecular flexibility index (Phi) is 17.0. The number of carboxylic acid groups (broad SMARTS) is 1. The highest BCUT2D eigenvalue weighted by atomic mass is 16.5.